The Morgan fingerprint density at radius 1 is 1.04 bits per heavy atom. The molecule has 24 heavy (non-hydrogen) atoms. The predicted molar refractivity (Wildman–Crippen MR) is 95.2 cm³/mol. The zero-order chi connectivity index (χ0) is 17.2. The van der Waals surface area contributed by atoms with Crippen molar-refractivity contribution in [1.29, 1.82) is 0 Å². The summed E-state index contributed by atoms with van der Waals surface area (Å²) in [7, 11) is 0. The van der Waals surface area contributed by atoms with E-state index in [0.29, 0.717) is 26.0 Å². The lowest BCUT2D eigenvalue weighted by molar-refractivity contribution is -0.121. The molecule has 1 amide bonds. The summed E-state index contributed by atoms with van der Waals surface area (Å²) in [6, 6.07) is 17.4. The van der Waals surface area contributed by atoms with E-state index >= 15 is 0 Å². The van der Waals surface area contributed by atoms with Crippen molar-refractivity contribution in [2.24, 2.45) is 0 Å². The van der Waals surface area contributed by atoms with E-state index in [1.54, 1.807) is 0 Å². The number of benzene rings is 2. The maximum Gasteiger partial charge on any atom is 0.220 e. The standard InChI is InChI=1S/C20H25NO3/c1-16(2)24-19-11-6-8-17(14-19)15-21-20(22)12-7-13-23-18-9-4-3-5-10-18/h3-6,8-11,14,16H,7,12-13,15H2,1-2H3,(H,21,22). The summed E-state index contributed by atoms with van der Waals surface area (Å²) >= 11 is 0. The Labute approximate surface area is 143 Å². The molecule has 2 aromatic rings. The average molecular weight is 327 g/mol. The first-order chi connectivity index (χ1) is 11.6. The van der Waals surface area contributed by atoms with Crippen molar-refractivity contribution in [1.82, 2.24) is 5.32 Å². The van der Waals surface area contributed by atoms with Crippen LogP contribution in [0, 0.1) is 0 Å². The maximum absolute atomic E-state index is 11.9. The van der Waals surface area contributed by atoms with E-state index in [-0.39, 0.29) is 12.0 Å². The van der Waals surface area contributed by atoms with Crippen LogP contribution in [0.1, 0.15) is 32.3 Å². The lowest BCUT2D eigenvalue weighted by atomic mass is 10.2. The van der Waals surface area contributed by atoms with Crippen LogP contribution in [0.25, 0.3) is 0 Å². The highest BCUT2D eigenvalue weighted by Crippen LogP contribution is 2.15. The van der Waals surface area contributed by atoms with E-state index < -0.39 is 0 Å². The molecule has 0 spiro atoms. The van der Waals surface area contributed by atoms with Gasteiger partial charge in [0.1, 0.15) is 11.5 Å². The van der Waals surface area contributed by atoms with Crippen molar-refractivity contribution in [2.45, 2.75) is 39.3 Å². The van der Waals surface area contributed by atoms with Crippen LogP contribution in [0.3, 0.4) is 0 Å². The molecule has 0 unspecified atom stereocenters. The first kappa shape index (κ1) is 17.9. The minimum Gasteiger partial charge on any atom is -0.494 e. The summed E-state index contributed by atoms with van der Waals surface area (Å²) < 4.78 is 11.2. The second-order valence-corrected chi connectivity index (χ2v) is 5.86. The second kappa shape index (κ2) is 9.60. The fourth-order valence-corrected chi connectivity index (χ4v) is 2.23. The van der Waals surface area contributed by atoms with Crippen LogP contribution >= 0.6 is 0 Å². The lowest BCUT2D eigenvalue weighted by Gasteiger charge is -2.11. The largest absolute Gasteiger partial charge is 0.494 e. The minimum absolute atomic E-state index is 0.0295. The molecule has 0 heterocycles. The molecule has 2 rings (SSSR count). The van der Waals surface area contributed by atoms with Gasteiger partial charge in [-0.25, -0.2) is 0 Å². The van der Waals surface area contributed by atoms with Gasteiger partial charge in [-0.2, -0.15) is 0 Å². The van der Waals surface area contributed by atoms with Gasteiger partial charge in [-0.15, -0.1) is 0 Å². The van der Waals surface area contributed by atoms with Crippen molar-refractivity contribution in [3.05, 3.63) is 60.2 Å². The summed E-state index contributed by atoms with van der Waals surface area (Å²) in [5, 5.41) is 2.93. The summed E-state index contributed by atoms with van der Waals surface area (Å²) in [6.45, 7) is 5.03. The van der Waals surface area contributed by atoms with Crippen LogP contribution in [0.15, 0.2) is 54.6 Å². The summed E-state index contributed by atoms with van der Waals surface area (Å²) in [4.78, 5) is 11.9. The van der Waals surface area contributed by atoms with Crippen molar-refractivity contribution in [3.8, 4) is 11.5 Å². The van der Waals surface area contributed by atoms with Crippen LogP contribution in [-0.2, 0) is 11.3 Å². The third kappa shape index (κ3) is 6.73. The zero-order valence-corrected chi connectivity index (χ0v) is 14.3. The molecular formula is C20H25NO3. The Kier molecular flexibility index (Phi) is 7.15. The van der Waals surface area contributed by atoms with Crippen LogP contribution in [-0.4, -0.2) is 18.6 Å². The van der Waals surface area contributed by atoms with Gasteiger partial charge in [0, 0.05) is 13.0 Å². The molecule has 4 heteroatoms. The predicted octanol–water partition coefficient (Wildman–Crippen LogP) is 3.95. The first-order valence-electron chi connectivity index (χ1n) is 8.33. The number of rotatable bonds is 9. The molecule has 0 saturated carbocycles. The van der Waals surface area contributed by atoms with Crippen LogP contribution in [0.5, 0.6) is 11.5 Å². The molecule has 0 radical (unpaired) electrons. The van der Waals surface area contributed by atoms with E-state index in [1.165, 1.54) is 0 Å². The monoisotopic (exact) mass is 327 g/mol. The van der Waals surface area contributed by atoms with Crippen LogP contribution in [0.2, 0.25) is 0 Å². The SMILES string of the molecule is CC(C)Oc1cccc(CNC(=O)CCCOc2ccccc2)c1. The molecule has 4 nitrogen and oxygen atoms in total. The quantitative estimate of drug-likeness (QED) is 0.709. The van der Waals surface area contributed by atoms with Crippen molar-refractivity contribution in [3.63, 3.8) is 0 Å². The highest BCUT2D eigenvalue weighted by atomic mass is 16.5. The van der Waals surface area contributed by atoms with Gasteiger partial charge in [0.25, 0.3) is 0 Å². The molecule has 2 aromatic carbocycles. The number of para-hydroxylation sites is 1. The summed E-state index contributed by atoms with van der Waals surface area (Å²) in [5.74, 6) is 1.69. The van der Waals surface area contributed by atoms with E-state index in [0.717, 1.165) is 17.1 Å². The number of carbonyl (C=O) groups is 1. The Bertz CT molecular complexity index is 626. The van der Waals surface area contributed by atoms with Gasteiger partial charge in [0.2, 0.25) is 5.91 Å². The van der Waals surface area contributed by atoms with Gasteiger partial charge in [0.05, 0.1) is 12.7 Å². The van der Waals surface area contributed by atoms with Crippen molar-refractivity contribution in [2.75, 3.05) is 6.61 Å². The van der Waals surface area contributed by atoms with Gasteiger partial charge in [0.15, 0.2) is 0 Å². The third-order valence-corrected chi connectivity index (χ3v) is 3.32. The zero-order valence-electron chi connectivity index (χ0n) is 14.3. The van der Waals surface area contributed by atoms with E-state index in [9.17, 15) is 4.79 Å². The van der Waals surface area contributed by atoms with E-state index in [4.69, 9.17) is 9.47 Å². The molecule has 0 fully saturated rings. The Hall–Kier alpha value is -2.49. The summed E-state index contributed by atoms with van der Waals surface area (Å²) in [6.07, 6.45) is 1.28. The van der Waals surface area contributed by atoms with Crippen molar-refractivity contribution < 1.29 is 14.3 Å². The Balaban J connectivity index is 1.66. The van der Waals surface area contributed by atoms with Crippen LogP contribution < -0.4 is 14.8 Å². The van der Waals surface area contributed by atoms with Gasteiger partial charge in [-0.3, -0.25) is 4.79 Å². The maximum atomic E-state index is 11.9. The fourth-order valence-electron chi connectivity index (χ4n) is 2.23. The Morgan fingerprint density at radius 3 is 2.54 bits per heavy atom. The number of hydrogen-bond donors (Lipinski definition) is 1. The van der Waals surface area contributed by atoms with Gasteiger partial charge < -0.3 is 14.8 Å². The highest BCUT2D eigenvalue weighted by Gasteiger charge is 2.04. The molecule has 0 saturated heterocycles. The van der Waals surface area contributed by atoms with Gasteiger partial charge >= 0.3 is 0 Å². The molecule has 128 valence electrons. The minimum atomic E-state index is 0.0295. The fraction of sp³-hybridized carbons (Fsp3) is 0.350. The Morgan fingerprint density at radius 2 is 1.79 bits per heavy atom. The number of nitrogens with one attached hydrogen (secondary N) is 1. The lowest BCUT2D eigenvalue weighted by Crippen LogP contribution is -2.23. The number of hydrogen-bond acceptors (Lipinski definition) is 3. The molecule has 0 atom stereocenters. The third-order valence-electron chi connectivity index (χ3n) is 3.32. The van der Waals surface area contributed by atoms with Crippen molar-refractivity contribution >= 4 is 5.91 Å². The average Bonchev–Trinajstić information content (AvgIpc) is 2.58. The van der Waals surface area contributed by atoms with Gasteiger partial charge in [-0.05, 0) is 50.1 Å². The van der Waals surface area contributed by atoms with E-state index in [1.807, 2.05) is 68.4 Å². The molecule has 0 aliphatic carbocycles. The van der Waals surface area contributed by atoms with Gasteiger partial charge in [-0.1, -0.05) is 30.3 Å². The molecule has 0 aliphatic heterocycles. The number of carbonyl (C=O) groups excluding carboxylic acids is 1. The normalized spacial score (nSPS) is 10.5. The molecule has 0 bridgehead atoms. The number of ether oxygens (including phenoxy) is 2. The molecule has 1 N–H and O–H groups in total. The molecule has 0 aromatic heterocycles. The smallest absolute Gasteiger partial charge is 0.220 e. The topological polar surface area (TPSA) is 47.6 Å². The van der Waals surface area contributed by atoms with E-state index in [2.05, 4.69) is 5.32 Å². The summed E-state index contributed by atoms with van der Waals surface area (Å²) in [5.41, 5.74) is 1.03. The molecular weight excluding hydrogens is 302 g/mol. The first-order valence-corrected chi connectivity index (χ1v) is 8.33. The highest BCUT2D eigenvalue weighted by molar-refractivity contribution is 5.75. The number of amides is 1. The van der Waals surface area contributed by atoms with Crippen LogP contribution in [0.4, 0.5) is 0 Å². The molecule has 0 aliphatic rings. The second-order valence-electron chi connectivity index (χ2n) is 5.86.